The quantitative estimate of drug-likeness (QED) is 0.377. The van der Waals surface area contributed by atoms with Gasteiger partial charge in [-0.25, -0.2) is 18.7 Å². The monoisotopic (exact) mass is 456 g/mol. The first-order valence-electron chi connectivity index (χ1n) is 8.35. The molecular weight excluding hydrogens is 447 g/mol. The van der Waals surface area contributed by atoms with Crippen molar-refractivity contribution in [1.29, 1.82) is 0 Å². The topological polar surface area (TPSA) is 116 Å². The van der Waals surface area contributed by atoms with Crippen molar-refractivity contribution in [3.05, 3.63) is 52.9 Å². The average Bonchev–Trinajstić information content (AvgIpc) is 3.05. The Morgan fingerprint density at radius 3 is 2.39 bits per heavy atom. The molecule has 0 unspecified atom stereocenters. The van der Waals surface area contributed by atoms with Crippen LogP contribution in [-0.2, 0) is 6.18 Å². The van der Waals surface area contributed by atoms with E-state index in [-0.39, 0.29) is 16.2 Å². The van der Waals surface area contributed by atoms with E-state index < -0.39 is 52.1 Å². The Kier molecular flexibility index (Phi) is 4.81. The van der Waals surface area contributed by atoms with Crippen LogP contribution in [0, 0.1) is 11.6 Å². The van der Waals surface area contributed by atoms with Gasteiger partial charge in [-0.15, -0.1) is 0 Å². The highest BCUT2D eigenvalue weighted by Crippen LogP contribution is 2.41. The van der Waals surface area contributed by atoms with Crippen molar-refractivity contribution >= 4 is 34.4 Å². The summed E-state index contributed by atoms with van der Waals surface area (Å²) in [6.07, 6.45) is -2.28. The van der Waals surface area contributed by atoms with Gasteiger partial charge in [0.05, 0.1) is 16.0 Å². The highest BCUT2D eigenvalue weighted by molar-refractivity contribution is 6.36. The lowest BCUT2D eigenvalue weighted by Gasteiger charge is -2.16. The van der Waals surface area contributed by atoms with Gasteiger partial charge in [0.1, 0.15) is 17.2 Å². The summed E-state index contributed by atoms with van der Waals surface area (Å²) in [7, 11) is 0. The molecule has 160 valence electrons. The third-order valence-electron chi connectivity index (χ3n) is 4.21. The number of benzene rings is 1. The van der Waals surface area contributed by atoms with Crippen LogP contribution < -0.4 is 16.2 Å². The molecule has 0 atom stereocenters. The average molecular weight is 457 g/mol. The number of hydrogen-bond donors (Lipinski definition) is 3. The van der Waals surface area contributed by atoms with Crippen molar-refractivity contribution < 1.29 is 26.7 Å². The summed E-state index contributed by atoms with van der Waals surface area (Å²) in [6.45, 7) is 0. The maximum atomic E-state index is 14.7. The second kappa shape index (κ2) is 7.23. The van der Waals surface area contributed by atoms with Crippen LogP contribution in [0.5, 0.6) is 11.5 Å². The number of nitrogens with two attached hydrogens (primary N) is 2. The van der Waals surface area contributed by atoms with Crippen molar-refractivity contribution in [2.24, 2.45) is 0 Å². The van der Waals surface area contributed by atoms with Gasteiger partial charge in [-0.3, -0.25) is 0 Å². The normalized spacial score (nSPS) is 11.8. The standard InChI is InChI=1S/C18H10ClF5N6O/c19-7-5-28-16-12(7)10(1-2-27-16)31-13-8(20)3-6(4-9(13)21)11-14(18(22,23)24)29-17(26)30-15(11)25/h1-5H,(H,27,28)(H4,25,26,29,30). The van der Waals surface area contributed by atoms with Crippen molar-refractivity contribution in [2.75, 3.05) is 11.5 Å². The molecule has 0 saturated carbocycles. The zero-order chi connectivity index (χ0) is 22.5. The van der Waals surface area contributed by atoms with E-state index in [1.165, 1.54) is 18.5 Å². The van der Waals surface area contributed by atoms with Gasteiger partial charge in [-0.1, -0.05) is 11.6 Å². The van der Waals surface area contributed by atoms with E-state index in [0.29, 0.717) is 17.8 Å². The Labute approximate surface area is 174 Å². The van der Waals surface area contributed by atoms with E-state index in [1.807, 2.05) is 0 Å². The fourth-order valence-electron chi connectivity index (χ4n) is 2.97. The first kappa shape index (κ1) is 20.6. The number of aromatic nitrogens is 4. The number of alkyl halides is 3. The number of hydrogen-bond acceptors (Lipinski definition) is 6. The van der Waals surface area contributed by atoms with E-state index in [2.05, 4.69) is 19.9 Å². The van der Waals surface area contributed by atoms with Gasteiger partial charge in [0.25, 0.3) is 0 Å². The molecule has 3 aromatic heterocycles. The molecule has 0 fully saturated rings. The number of H-pyrrole nitrogens is 1. The lowest BCUT2D eigenvalue weighted by atomic mass is 10.0. The molecule has 7 nitrogen and oxygen atoms in total. The van der Waals surface area contributed by atoms with E-state index in [4.69, 9.17) is 27.8 Å². The summed E-state index contributed by atoms with van der Waals surface area (Å²) in [5.74, 6) is -4.90. The molecule has 0 aliphatic carbocycles. The van der Waals surface area contributed by atoms with Crippen molar-refractivity contribution in [2.45, 2.75) is 6.18 Å². The van der Waals surface area contributed by atoms with Crippen molar-refractivity contribution in [3.63, 3.8) is 0 Å². The van der Waals surface area contributed by atoms with E-state index in [1.54, 1.807) is 0 Å². The molecule has 0 spiro atoms. The summed E-state index contributed by atoms with van der Waals surface area (Å²) in [5, 5.41) is 0.458. The highest BCUT2D eigenvalue weighted by Gasteiger charge is 2.38. The van der Waals surface area contributed by atoms with Crippen molar-refractivity contribution in [3.8, 4) is 22.6 Å². The molecule has 0 aliphatic rings. The number of pyridine rings is 1. The lowest BCUT2D eigenvalue weighted by molar-refractivity contribution is -0.140. The van der Waals surface area contributed by atoms with Gasteiger partial charge < -0.3 is 21.2 Å². The Morgan fingerprint density at radius 1 is 1.06 bits per heavy atom. The minimum atomic E-state index is -5.00. The van der Waals surface area contributed by atoms with Gasteiger partial charge in [0.15, 0.2) is 23.1 Å². The fourth-order valence-corrected chi connectivity index (χ4v) is 3.21. The molecule has 1 aromatic carbocycles. The Balaban J connectivity index is 1.83. The van der Waals surface area contributed by atoms with E-state index >= 15 is 0 Å². The molecule has 0 saturated heterocycles. The van der Waals surface area contributed by atoms with Gasteiger partial charge in [-0.2, -0.15) is 18.2 Å². The maximum Gasteiger partial charge on any atom is 0.434 e. The smallest absolute Gasteiger partial charge is 0.434 e. The summed E-state index contributed by atoms with van der Waals surface area (Å²) >= 11 is 6.04. The summed E-state index contributed by atoms with van der Waals surface area (Å²) < 4.78 is 75.0. The number of nitrogens with one attached hydrogen (secondary N) is 1. The molecule has 13 heteroatoms. The molecule has 0 amide bonds. The van der Waals surface area contributed by atoms with Crippen LogP contribution in [0.15, 0.2) is 30.6 Å². The molecule has 3 heterocycles. The van der Waals surface area contributed by atoms with Crippen LogP contribution in [0.2, 0.25) is 5.02 Å². The maximum absolute atomic E-state index is 14.7. The number of nitrogen functional groups attached to an aromatic ring is 2. The van der Waals surface area contributed by atoms with Crippen LogP contribution in [0.4, 0.5) is 33.7 Å². The Morgan fingerprint density at radius 2 is 1.74 bits per heavy atom. The van der Waals surface area contributed by atoms with Crippen LogP contribution in [-0.4, -0.2) is 19.9 Å². The first-order valence-corrected chi connectivity index (χ1v) is 8.73. The molecule has 4 rings (SSSR count). The van der Waals surface area contributed by atoms with E-state index in [9.17, 15) is 22.0 Å². The van der Waals surface area contributed by atoms with Gasteiger partial charge in [0, 0.05) is 12.4 Å². The minimum Gasteiger partial charge on any atom is -0.450 e. The molecule has 0 aliphatic heterocycles. The summed E-state index contributed by atoms with van der Waals surface area (Å²) in [4.78, 5) is 13.3. The van der Waals surface area contributed by atoms with Gasteiger partial charge in [-0.05, 0) is 23.8 Å². The minimum absolute atomic E-state index is 0.0203. The van der Waals surface area contributed by atoms with E-state index in [0.717, 1.165) is 0 Å². The summed E-state index contributed by atoms with van der Waals surface area (Å²) in [5.41, 5.74) is 8.20. The lowest BCUT2D eigenvalue weighted by Crippen LogP contribution is -2.15. The predicted molar refractivity (Wildman–Crippen MR) is 102 cm³/mol. The molecule has 5 N–H and O–H groups in total. The van der Waals surface area contributed by atoms with Crippen LogP contribution >= 0.6 is 11.6 Å². The molecule has 0 radical (unpaired) electrons. The number of ether oxygens (including phenoxy) is 1. The highest BCUT2D eigenvalue weighted by atomic mass is 35.5. The Bertz CT molecular complexity index is 1300. The van der Waals surface area contributed by atoms with Crippen molar-refractivity contribution in [1.82, 2.24) is 19.9 Å². The van der Waals surface area contributed by atoms with Crippen LogP contribution in [0.1, 0.15) is 5.69 Å². The van der Waals surface area contributed by atoms with Crippen LogP contribution in [0.3, 0.4) is 0 Å². The number of fused-ring (bicyclic) bond motifs is 1. The molecule has 4 aromatic rings. The SMILES string of the molecule is Nc1nc(N)c(-c2cc(F)c(Oc3ccnc4[nH]cc(Cl)c34)c(F)c2)c(C(F)(F)F)n1. The summed E-state index contributed by atoms with van der Waals surface area (Å²) in [6, 6.07) is 2.56. The number of rotatable bonds is 3. The van der Waals surface area contributed by atoms with Crippen LogP contribution in [0.25, 0.3) is 22.2 Å². The Hall–Kier alpha value is -3.67. The molecule has 0 bridgehead atoms. The van der Waals surface area contributed by atoms with Gasteiger partial charge in [0.2, 0.25) is 5.95 Å². The predicted octanol–water partition coefficient (Wildman–Crippen LogP) is 4.93. The third-order valence-corrected chi connectivity index (χ3v) is 4.51. The zero-order valence-corrected chi connectivity index (χ0v) is 15.8. The number of anilines is 2. The molecule has 31 heavy (non-hydrogen) atoms. The second-order valence-corrected chi connectivity index (χ2v) is 6.64. The molecular formula is C18H10ClF5N6O. The third kappa shape index (κ3) is 3.65. The van der Waals surface area contributed by atoms with Gasteiger partial charge >= 0.3 is 6.18 Å². The zero-order valence-electron chi connectivity index (χ0n) is 15.1. The second-order valence-electron chi connectivity index (χ2n) is 6.23. The number of aromatic amines is 1. The number of halogens is 6. The number of nitrogens with zero attached hydrogens (tertiary/aromatic N) is 3. The fraction of sp³-hybridized carbons (Fsp3) is 0.0556. The largest absolute Gasteiger partial charge is 0.450 e. The first-order chi connectivity index (χ1) is 14.6.